The van der Waals surface area contributed by atoms with Gasteiger partial charge in [0.15, 0.2) is 0 Å². The normalized spacial score (nSPS) is 12.4. The summed E-state index contributed by atoms with van der Waals surface area (Å²) in [6, 6.07) is 0. The maximum absolute atomic E-state index is 10.3. The van der Waals surface area contributed by atoms with Gasteiger partial charge in [0, 0.05) is 13.1 Å². The van der Waals surface area contributed by atoms with E-state index in [1.165, 1.54) is 0 Å². The number of aliphatic hydroxyl groups excluding tert-OH is 1. The van der Waals surface area contributed by atoms with Crippen LogP contribution >= 0.6 is 0 Å². The van der Waals surface area contributed by atoms with Crippen LogP contribution in [-0.2, 0) is 10.3 Å². The van der Waals surface area contributed by atoms with Crippen molar-refractivity contribution in [2.45, 2.75) is 6.92 Å². The van der Waals surface area contributed by atoms with Crippen molar-refractivity contribution in [1.82, 2.24) is 4.31 Å². The number of hydrogen-bond donors (Lipinski definition) is 2. The number of rotatable bonds is 4. The second kappa shape index (κ2) is 3.87. The fraction of sp³-hybridized carbons (Fsp3) is 1.00. The zero-order valence-electron chi connectivity index (χ0n) is 5.69. The highest BCUT2D eigenvalue weighted by Gasteiger charge is 2.14. The molecule has 2 N–H and O–H groups in total. The van der Waals surface area contributed by atoms with Crippen molar-refractivity contribution < 1.29 is 18.1 Å². The molecular formula is C4H11NO4S. The maximum atomic E-state index is 10.3. The molecule has 0 aliphatic rings. The molecule has 0 spiro atoms. The summed E-state index contributed by atoms with van der Waals surface area (Å²) in [5.74, 6) is 0. The lowest BCUT2D eigenvalue weighted by atomic mass is 10.6. The minimum atomic E-state index is -4.10. The van der Waals surface area contributed by atoms with Gasteiger partial charge in [0.05, 0.1) is 6.61 Å². The van der Waals surface area contributed by atoms with Crippen LogP contribution in [-0.4, -0.2) is 42.1 Å². The Kier molecular flexibility index (Phi) is 3.80. The average Bonchev–Trinajstić information content (AvgIpc) is 1.80. The molecule has 0 fully saturated rings. The van der Waals surface area contributed by atoms with Crippen LogP contribution in [0.15, 0.2) is 0 Å². The summed E-state index contributed by atoms with van der Waals surface area (Å²) >= 11 is 0. The van der Waals surface area contributed by atoms with Gasteiger partial charge in [-0.1, -0.05) is 6.92 Å². The van der Waals surface area contributed by atoms with Crippen molar-refractivity contribution >= 4 is 10.3 Å². The van der Waals surface area contributed by atoms with Crippen molar-refractivity contribution in [1.29, 1.82) is 0 Å². The van der Waals surface area contributed by atoms with Crippen LogP contribution < -0.4 is 0 Å². The second-order valence-electron chi connectivity index (χ2n) is 1.69. The molecule has 0 aromatic heterocycles. The molecule has 5 nitrogen and oxygen atoms in total. The zero-order valence-corrected chi connectivity index (χ0v) is 6.50. The first kappa shape index (κ1) is 9.83. The highest BCUT2D eigenvalue weighted by atomic mass is 32.2. The van der Waals surface area contributed by atoms with Gasteiger partial charge in [0.1, 0.15) is 0 Å². The van der Waals surface area contributed by atoms with Crippen LogP contribution in [0.3, 0.4) is 0 Å². The third-order valence-electron chi connectivity index (χ3n) is 1.03. The standard InChI is InChI=1S/C4H11NO4S/c1-2-5(3-4-6)10(7,8)9/h6H,2-4H2,1H3,(H,7,8,9). The predicted octanol–water partition coefficient (Wildman–Crippen LogP) is -0.897. The molecular weight excluding hydrogens is 158 g/mol. The van der Waals surface area contributed by atoms with Crippen LogP contribution in [0.25, 0.3) is 0 Å². The second-order valence-corrected chi connectivity index (χ2v) is 3.11. The fourth-order valence-corrected chi connectivity index (χ4v) is 1.19. The van der Waals surface area contributed by atoms with Gasteiger partial charge in [-0.2, -0.15) is 12.7 Å². The van der Waals surface area contributed by atoms with Gasteiger partial charge in [0.2, 0.25) is 0 Å². The van der Waals surface area contributed by atoms with E-state index >= 15 is 0 Å². The molecule has 0 atom stereocenters. The monoisotopic (exact) mass is 169 g/mol. The highest BCUT2D eigenvalue weighted by molar-refractivity contribution is 7.83. The molecule has 0 aliphatic carbocycles. The summed E-state index contributed by atoms with van der Waals surface area (Å²) < 4.78 is 29.8. The van der Waals surface area contributed by atoms with Gasteiger partial charge in [0.25, 0.3) is 0 Å². The molecule has 0 aliphatic heterocycles. The third-order valence-corrected chi connectivity index (χ3v) is 2.12. The van der Waals surface area contributed by atoms with Gasteiger partial charge >= 0.3 is 10.3 Å². The summed E-state index contributed by atoms with van der Waals surface area (Å²) in [7, 11) is -4.10. The maximum Gasteiger partial charge on any atom is 0.335 e. The molecule has 0 rings (SSSR count). The molecule has 0 saturated carbocycles. The van der Waals surface area contributed by atoms with Gasteiger partial charge in [-0.15, -0.1) is 0 Å². The van der Waals surface area contributed by atoms with E-state index in [-0.39, 0.29) is 19.7 Å². The van der Waals surface area contributed by atoms with Crippen molar-refractivity contribution in [3.63, 3.8) is 0 Å². The molecule has 0 unspecified atom stereocenters. The van der Waals surface area contributed by atoms with E-state index < -0.39 is 10.3 Å². The van der Waals surface area contributed by atoms with Crippen molar-refractivity contribution in [3.8, 4) is 0 Å². The number of hydrogen-bond acceptors (Lipinski definition) is 3. The van der Waals surface area contributed by atoms with Gasteiger partial charge in [-0.3, -0.25) is 4.55 Å². The lowest BCUT2D eigenvalue weighted by Gasteiger charge is -2.13. The lowest BCUT2D eigenvalue weighted by Crippen LogP contribution is -2.32. The Balaban J connectivity index is 4.08. The summed E-state index contributed by atoms with van der Waals surface area (Å²) in [6.45, 7) is 1.39. The Morgan fingerprint density at radius 2 is 2.00 bits per heavy atom. The Morgan fingerprint density at radius 1 is 1.50 bits per heavy atom. The zero-order chi connectivity index (χ0) is 8.20. The molecule has 0 heterocycles. The van der Waals surface area contributed by atoms with E-state index in [0.717, 1.165) is 4.31 Å². The SMILES string of the molecule is CCN(CCO)S(=O)(=O)O. The highest BCUT2D eigenvalue weighted by Crippen LogP contribution is 1.93. The summed E-state index contributed by atoms with van der Waals surface area (Å²) in [6.07, 6.45) is 0. The fourth-order valence-electron chi connectivity index (χ4n) is 0.548. The molecule has 10 heavy (non-hydrogen) atoms. The summed E-state index contributed by atoms with van der Waals surface area (Å²) in [4.78, 5) is 0. The van der Waals surface area contributed by atoms with E-state index in [4.69, 9.17) is 9.66 Å². The minimum absolute atomic E-state index is 0.0602. The number of aliphatic hydroxyl groups is 1. The molecule has 62 valence electrons. The lowest BCUT2D eigenvalue weighted by molar-refractivity contribution is 0.247. The smallest absolute Gasteiger partial charge is 0.335 e. The van der Waals surface area contributed by atoms with Crippen LogP contribution in [0.4, 0.5) is 0 Å². The van der Waals surface area contributed by atoms with Crippen molar-refractivity contribution in [2.75, 3.05) is 19.7 Å². The van der Waals surface area contributed by atoms with Crippen molar-refractivity contribution in [2.24, 2.45) is 0 Å². The van der Waals surface area contributed by atoms with Gasteiger partial charge in [-0.25, -0.2) is 0 Å². The van der Waals surface area contributed by atoms with E-state index in [1.54, 1.807) is 6.92 Å². The van der Waals surface area contributed by atoms with E-state index in [1.807, 2.05) is 0 Å². The number of likely N-dealkylation sites (N-methyl/N-ethyl adjacent to an activating group) is 1. The first-order valence-corrected chi connectivity index (χ1v) is 4.25. The Bertz CT molecular complexity index is 176. The van der Waals surface area contributed by atoms with Crippen LogP contribution in [0, 0.1) is 0 Å². The number of nitrogens with zero attached hydrogens (tertiary/aromatic N) is 1. The molecule has 0 saturated heterocycles. The molecule has 0 bridgehead atoms. The van der Waals surface area contributed by atoms with Gasteiger partial charge in [-0.05, 0) is 0 Å². The molecule has 0 aromatic carbocycles. The van der Waals surface area contributed by atoms with Crippen molar-refractivity contribution in [3.05, 3.63) is 0 Å². The van der Waals surface area contributed by atoms with E-state index in [9.17, 15) is 8.42 Å². The van der Waals surface area contributed by atoms with Gasteiger partial charge < -0.3 is 5.11 Å². The average molecular weight is 169 g/mol. The first-order valence-electron chi connectivity index (χ1n) is 2.85. The molecule has 6 heteroatoms. The summed E-state index contributed by atoms with van der Waals surface area (Å²) in [5.41, 5.74) is 0. The van der Waals surface area contributed by atoms with Crippen LogP contribution in [0.5, 0.6) is 0 Å². The predicted molar refractivity (Wildman–Crippen MR) is 35.9 cm³/mol. The minimum Gasteiger partial charge on any atom is -0.395 e. The first-order chi connectivity index (χ1) is 4.52. The largest absolute Gasteiger partial charge is 0.395 e. The topological polar surface area (TPSA) is 77.8 Å². The van der Waals surface area contributed by atoms with Crippen LogP contribution in [0.1, 0.15) is 6.92 Å². The molecule has 0 amide bonds. The Hall–Kier alpha value is -0.170. The molecule has 0 aromatic rings. The Morgan fingerprint density at radius 3 is 2.10 bits per heavy atom. The third kappa shape index (κ3) is 3.11. The molecule has 0 radical (unpaired) electrons. The summed E-state index contributed by atoms with van der Waals surface area (Å²) in [5, 5.41) is 8.31. The Labute approximate surface area is 60.2 Å². The van der Waals surface area contributed by atoms with E-state index in [0.29, 0.717) is 0 Å². The van der Waals surface area contributed by atoms with E-state index in [2.05, 4.69) is 0 Å². The quantitative estimate of drug-likeness (QED) is 0.535. The van der Waals surface area contributed by atoms with Crippen LogP contribution in [0.2, 0.25) is 0 Å².